The van der Waals surface area contributed by atoms with E-state index < -0.39 is 70.2 Å². The van der Waals surface area contributed by atoms with E-state index in [0.29, 0.717) is 88.2 Å². The highest BCUT2D eigenvalue weighted by Crippen LogP contribution is 2.59. The first-order valence-corrected chi connectivity index (χ1v) is 25.9. The molecule has 10 rings (SSSR count). The number of carbonyl (C=O) groups is 2. The summed E-state index contributed by atoms with van der Waals surface area (Å²) in [5.74, 6) is -7.76. The summed E-state index contributed by atoms with van der Waals surface area (Å²) < 4.78 is 67.6. The Morgan fingerprint density at radius 3 is 1.14 bits per heavy atom. The van der Waals surface area contributed by atoms with E-state index in [9.17, 15) is 10.2 Å². The zero-order valence-corrected chi connectivity index (χ0v) is 39.7. The van der Waals surface area contributed by atoms with Crippen molar-refractivity contribution >= 4 is 33.9 Å². The molecule has 14 heteroatoms. The fourth-order valence-electron chi connectivity index (χ4n) is 13.2. The lowest BCUT2D eigenvalue weighted by molar-refractivity contribution is -0.165. The number of halogens is 4. The number of carbonyl (C=O) groups excluding carboxylic acids is 2. The average molecular weight is 961 g/mol. The Hall–Kier alpha value is -5.60. The molecule has 0 radical (unpaired) electrons. The molecule has 0 aliphatic heterocycles. The predicted octanol–water partition coefficient (Wildman–Crippen LogP) is 11.3. The van der Waals surface area contributed by atoms with Gasteiger partial charge in [0.25, 0.3) is 0 Å². The van der Waals surface area contributed by atoms with E-state index in [0.717, 1.165) is 75.6 Å². The standard InChI is InChI=1S/C56H64F4N6O4/c57-41-31-45-47(33-43(41)59)65(51(63-45)49(67)35-19-7-1-8-20-35)55(37-23-11-3-12-24-37,53(69)61-39-27-15-5-16-28-39)56(38-25-13-4-14-26-38,54(70)62-40-29-17-6-18-30-40)66-48-34-44(60)42(58)32-46(48)64-52(66)50(68)36-21-9-2-10-22-36/h1-2,7-10,19-22,31-34,37-40,49-50,67-68H,3-6,11-18,23-30H2,(H,61,69)(H,62,70). The van der Waals surface area contributed by atoms with Crippen LogP contribution in [0.15, 0.2) is 84.9 Å². The molecule has 4 unspecified atom stereocenters. The van der Waals surface area contributed by atoms with Crippen LogP contribution in [0.2, 0.25) is 0 Å². The number of hydrogen-bond acceptors (Lipinski definition) is 6. The first-order chi connectivity index (χ1) is 34.0. The number of imidazole rings is 2. The molecule has 4 atom stereocenters. The molecule has 2 heterocycles. The van der Waals surface area contributed by atoms with Gasteiger partial charge >= 0.3 is 0 Å². The Balaban J connectivity index is 1.45. The van der Waals surface area contributed by atoms with Gasteiger partial charge in [-0.2, -0.15) is 0 Å². The number of aromatic nitrogens is 4. The molecule has 6 aromatic rings. The maximum atomic E-state index is 17.4. The van der Waals surface area contributed by atoms with E-state index >= 15 is 27.2 Å². The lowest BCUT2D eigenvalue weighted by Gasteiger charge is -2.59. The van der Waals surface area contributed by atoms with Crippen molar-refractivity contribution in [3.05, 3.63) is 131 Å². The van der Waals surface area contributed by atoms with Crippen molar-refractivity contribution in [3.63, 3.8) is 0 Å². The summed E-state index contributed by atoms with van der Waals surface area (Å²) in [4.78, 5) is 44.8. The van der Waals surface area contributed by atoms with Gasteiger partial charge in [-0.15, -0.1) is 0 Å². The van der Waals surface area contributed by atoms with E-state index in [2.05, 4.69) is 10.6 Å². The first kappa shape index (κ1) is 48.0. The van der Waals surface area contributed by atoms with Crippen molar-refractivity contribution in [2.75, 3.05) is 0 Å². The van der Waals surface area contributed by atoms with Crippen LogP contribution in [0.25, 0.3) is 22.1 Å². The molecule has 70 heavy (non-hydrogen) atoms. The van der Waals surface area contributed by atoms with Crippen LogP contribution in [0, 0.1) is 35.1 Å². The second kappa shape index (κ2) is 20.3. The van der Waals surface area contributed by atoms with Crippen LogP contribution in [0.5, 0.6) is 0 Å². The molecule has 4 aliphatic rings. The first-order valence-electron chi connectivity index (χ1n) is 25.9. The zero-order valence-electron chi connectivity index (χ0n) is 39.7. The quantitative estimate of drug-likeness (QED) is 0.0852. The highest BCUT2D eigenvalue weighted by molar-refractivity contribution is 6.00. The van der Waals surface area contributed by atoms with Gasteiger partial charge in [-0.1, -0.05) is 138 Å². The van der Waals surface area contributed by atoms with Crippen molar-refractivity contribution in [2.45, 2.75) is 164 Å². The van der Waals surface area contributed by atoms with Gasteiger partial charge in [-0.25, -0.2) is 27.5 Å². The van der Waals surface area contributed by atoms with Gasteiger partial charge in [0.15, 0.2) is 34.3 Å². The molecule has 4 aliphatic carbocycles. The summed E-state index contributed by atoms with van der Waals surface area (Å²) in [6.07, 6.45) is 10.5. The number of amides is 2. The van der Waals surface area contributed by atoms with Gasteiger partial charge in [0.2, 0.25) is 11.8 Å². The third-order valence-corrected chi connectivity index (χ3v) is 16.4. The molecule has 0 spiro atoms. The van der Waals surface area contributed by atoms with Crippen molar-refractivity contribution in [2.24, 2.45) is 11.8 Å². The number of nitrogens with zero attached hydrogens (tertiary/aromatic N) is 4. The second-order valence-electron chi connectivity index (χ2n) is 20.6. The van der Waals surface area contributed by atoms with Crippen LogP contribution in [-0.4, -0.2) is 53.2 Å². The van der Waals surface area contributed by atoms with Crippen LogP contribution in [0.1, 0.15) is 163 Å². The third-order valence-electron chi connectivity index (χ3n) is 16.4. The fraction of sp³-hybridized carbons (Fsp3) is 0.500. The van der Waals surface area contributed by atoms with E-state index in [1.165, 1.54) is 0 Å². The van der Waals surface area contributed by atoms with Crippen LogP contribution >= 0.6 is 0 Å². The number of aliphatic hydroxyl groups is 2. The van der Waals surface area contributed by atoms with Gasteiger partial charge in [0, 0.05) is 36.3 Å². The molecule has 4 fully saturated rings. The summed E-state index contributed by atoms with van der Waals surface area (Å²) in [7, 11) is 0. The van der Waals surface area contributed by atoms with Crippen molar-refractivity contribution in [1.82, 2.24) is 29.7 Å². The minimum absolute atomic E-state index is 0.0225. The third kappa shape index (κ3) is 8.39. The number of benzene rings is 4. The zero-order chi connectivity index (χ0) is 48.6. The highest BCUT2D eigenvalue weighted by atomic mass is 19.2. The summed E-state index contributed by atoms with van der Waals surface area (Å²) in [6, 6.07) is 20.7. The molecular weight excluding hydrogens is 897 g/mol. The molecule has 0 bridgehead atoms. The fourth-order valence-corrected chi connectivity index (χ4v) is 13.2. The highest BCUT2D eigenvalue weighted by Gasteiger charge is 2.71. The van der Waals surface area contributed by atoms with Crippen LogP contribution in [-0.2, 0) is 20.7 Å². The number of aliphatic hydroxyl groups excluding tert-OH is 2. The molecule has 4 N–H and O–H groups in total. The largest absolute Gasteiger partial charge is 0.380 e. The molecule has 4 saturated carbocycles. The normalized spacial score (nSPS) is 20.7. The van der Waals surface area contributed by atoms with Crippen molar-refractivity contribution < 1.29 is 37.4 Å². The monoisotopic (exact) mass is 960 g/mol. The maximum absolute atomic E-state index is 17.4. The number of hydrogen-bond donors (Lipinski definition) is 4. The van der Waals surface area contributed by atoms with Crippen molar-refractivity contribution in [1.29, 1.82) is 0 Å². The lowest BCUT2D eigenvalue weighted by Crippen LogP contribution is -2.76. The summed E-state index contributed by atoms with van der Waals surface area (Å²) in [5.41, 5.74) is -3.91. The van der Waals surface area contributed by atoms with Crippen LogP contribution in [0.3, 0.4) is 0 Å². The Bertz CT molecular complexity index is 2620. The maximum Gasteiger partial charge on any atom is 0.249 e. The molecule has 370 valence electrons. The van der Waals surface area contributed by atoms with Gasteiger partial charge in [0.1, 0.15) is 23.9 Å². The predicted molar refractivity (Wildman–Crippen MR) is 259 cm³/mol. The van der Waals surface area contributed by atoms with Crippen LogP contribution < -0.4 is 10.6 Å². The second-order valence-corrected chi connectivity index (χ2v) is 20.6. The number of rotatable bonds is 13. The van der Waals surface area contributed by atoms with Gasteiger partial charge in [-0.05, 0) is 74.3 Å². The summed E-state index contributed by atoms with van der Waals surface area (Å²) >= 11 is 0. The molecule has 0 saturated heterocycles. The molecular formula is C56H64F4N6O4. The minimum atomic E-state index is -2.26. The van der Waals surface area contributed by atoms with E-state index in [1.807, 2.05) is 0 Å². The van der Waals surface area contributed by atoms with Gasteiger partial charge in [-0.3, -0.25) is 9.59 Å². The molecule has 10 nitrogen and oxygen atoms in total. The topological polar surface area (TPSA) is 134 Å². The number of nitrogens with one attached hydrogen (secondary N) is 2. The number of fused-ring (bicyclic) bond motifs is 2. The smallest absolute Gasteiger partial charge is 0.249 e. The Kier molecular flexibility index (Phi) is 13.9. The van der Waals surface area contributed by atoms with E-state index in [-0.39, 0.29) is 45.8 Å². The van der Waals surface area contributed by atoms with Gasteiger partial charge < -0.3 is 30.0 Å². The van der Waals surface area contributed by atoms with E-state index in [1.54, 1.807) is 69.8 Å². The SMILES string of the molecule is O=C(NC1CCCCC1)C(C1CCCCC1)(n1c(C(O)c2ccccc2)nc2cc(F)c(F)cc21)C(C(=O)NC1CCCCC1)(C1CCCCC1)n1c(C(O)c2ccccc2)nc2cc(F)c(F)cc21. The molecule has 4 aromatic carbocycles. The van der Waals surface area contributed by atoms with Crippen LogP contribution in [0.4, 0.5) is 17.6 Å². The van der Waals surface area contributed by atoms with Crippen molar-refractivity contribution in [3.8, 4) is 0 Å². The lowest BCUT2D eigenvalue weighted by atomic mass is 9.55. The molecule has 2 aromatic heterocycles. The Morgan fingerprint density at radius 2 is 0.800 bits per heavy atom. The van der Waals surface area contributed by atoms with E-state index in [4.69, 9.17) is 9.97 Å². The van der Waals surface area contributed by atoms with Gasteiger partial charge in [0.05, 0.1) is 22.1 Å². The summed E-state index contributed by atoms with van der Waals surface area (Å²) in [6.45, 7) is 0. The summed E-state index contributed by atoms with van der Waals surface area (Å²) in [5, 5.41) is 32.9. The minimum Gasteiger partial charge on any atom is -0.380 e. The Morgan fingerprint density at radius 1 is 0.486 bits per heavy atom. The Labute approximate surface area is 406 Å². The molecule has 2 amide bonds. The average Bonchev–Trinajstić information content (AvgIpc) is 3.94.